The molecule has 32 heavy (non-hydrogen) atoms. The zero-order valence-electron chi connectivity index (χ0n) is 19.8. The van der Waals surface area contributed by atoms with Gasteiger partial charge in [-0.2, -0.15) is 0 Å². The summed E-state index contributed by atoms with van der Waals surface area (Å²) in [5.41, 5.74) is 0.884. The zero-order valence-corrected chi connectivity index (χ0v) is 20.8. The molecule has 0 spiro atoms. The van der Waals surface area contributed by atoms with Crippen LogP contribution in [0.1, 0.15) is 40.0 Å². The van der Waals surface area contributed by atoms with Gasteiger partial charge in [0.1, 0.15) is 0 Å². The van der Waals surface area contributed by atoms with E-state index in [0.29, 0.717) is 0 Å². The smallest absolute Gasteiger partial charge is 0.330 e. The standard InChI is InChI=1S/C28H36O3Si/c1-7-23(2)26(21-15-10-16-22-27(29)30-6)31-32(28(3,4)5,24-17-11-8-12-18-24)25-19-13-9-14-20-25/h7-9,11-14,16-20,22,26H,1-2,10,15,21H2,3-6H3/b22-16+. The number of hydrogen-bond acceptors (Lipinski definition) is 3. The lowest BCUT2D eigenvalue weighted by Crippen LogP contribution is -2.67. The van der Waals surface area contributed by atoms with Crippen molar-refractivity contribution in [3.05, 3.63) is 97.6 Å². The molecule has 0 amide bonds. The van der Waals surface area contributed by atoms with Crippen molar-refractivity contribution in [1.29, 1.82) is 0 Å². The van der Waals surface area contributed by atoms with E-state index in [1.54, 1.807) is 6.08 Å². The van der Waals surface area contributed by atoms with Gasteiger partial charge in [0, 0.05) is 6.08 Å². The Morgan fingerprint density at radius 1 is 1.03 bits per heavy atom. The quantitative estimate of drug-likeness (QED) is 0.148. The Hall–Kier alpha value is -2.69. The Kier molecular flexibility index (Phi) is 9.42. The van der Waals surface area contributed by atoms with Gasteiger partial charge in [-0.05, 0) is 40.2 Å². The van der Waals surface area contributed by atoms with Crippen LogP contribution in [0, 0.1) is 0 Å². The van der Waals surface area contributed by atoms with Crippen molar-refractivity contribution in [2.75, 3.05) is 7.11 Å². The van der Waals surface area contributed by atoms with Gasteiger partial charge in [0.15, 0.2) is 0 Å². The van der Waals surface area contributed by atoms with Crippen LogP contribution < -0.4 is 10.4 Å². The SMILES string of the molecule is C=CC(=C)C(CCC/C=C/C(=O)OC)O[Si](c1ccccc1)(c1ccccc1)C(C)(C)C. The first kappa shape index (κ1) is 25.6. The van der Waals surface area contributed by atoms with Crippen LogP contribution in [0.15, 0.2) is 97.6 Å². The minimum Gasteiger partial charge on any atom is -0.466 e. The number of benzene rings is 2. The highest BCUT2D eigenvalue weighted by Gasteiger charge is 2.51. The lowest BCUT2D eigenvalue weighted by atomic mass is 10.1. The molecule has 1 unspecified atom stereocenters. The Morgan fingerprint density at radius 3 is 2.00 bits per heavy atom. The number of esters is 1. The fourth-order valence-corrected chi connectivity index (χ4v) is 8.74. The molecular weight excluding hydrogens is 412 g/mol. The summed E-state index contributed by atoms with van der Waals surface area (Å²) in [5, 5.41) is 2.37. The van der Waals surface area contributed by atoms with Crippen molar-refractivity contribution in [2.45, 2.75) is 51.2 Å². The first-order chi connectivity index (χ1) is 15.3. The molecule has 0 aliphatic rings. The summed E-state index contributed by atoms with van der Waals surface area (Å²) in [6, 6.07) is 21.2. The summed E-state index contributed by atoms with van der Waals surface area (Å²) in [6.45, 7) is 15.0. The molecule has 0 N–H and O–H groups in total. The van der Waals surface area contributed by atoms with Crippen LogP contribution in [0.5, 0.6) is 0 Å². The molecule has 2 aromatic carbocycles. The van der Waals surface area contributed by atoms with Crippen LogP contribution in [0.3, 0.4) is 0 Å². The third kappa shape index (κ3) is 6.18. The number of rotatable bonds is 11. The first-order valence-electron chi connectivity index (χ1n) is 11.1. The van der Waals surface area contributed by atoms with Crippen molar-refractivity contribution in [2.24, 2.45) is 0 Å². The highest BCUT2D eigenvalue weighted by Crippen LogP contribution is 2.38. The van der Waals surface area contributed by atoms with E-state index < -0.39 is 8.32 Å². The predicted octanol–water partition coefficient (Wildman–Crippen LogP) is 5.57. The fourth-order valence-electron chi connectivity index (χ4n) is 4.02. The van der Waals surface area contributed by atoms with Crippen LogP contribution in [-0.2, 0) is 14.0 Å². The van der Waals surface area contributed by atoms with E-state index >= 15 is 0 Å². The van der Waals surface area contributed by atoms with E-state index in [1.807, 2.05) is 18.2 Å². The van der Waals surface area contributed by atoms with E-state index in [4.69, 9.17) is 4.43 Å². The summed E-state index contributed by atoms with van der Waals surface area (Å²) in [6.07, 6.45) is 7.38. The number of allylic oxidation sites excluding steroid dienone is 1. The summed E-state index contributed by atoms with van der Waals surface area (Å²) in [5.74, 6) is -0.333. The van der Waals surface area contributed by atoms with Crippen molar-refractivity contribution in [1.82, 2.24) is 0 Å². The number of methoxy groups -OCH3 is 1. The third-order valence-electron chi connectivity index (χ3n) is 5.70. The summed E-state index contributed by atoms with van der Waals surface area (Å²) >= 11 is 0. The molecule has 0 bridgehead atoms. The highest BCUT2D eigenvalue weighted by atomic mass is 28.4. The number of carbonyl (C=O) groups is 1. The van der Waals surface area contributed by atoms with Crippen LogP contribution in [-0.4, -0.2) is 27.5 Å². The van der Waals surface area contributed by atoms with E-state index in [0.717, 1.165) is 24.8 Å². The molecule has 0 saturated carbocycles. The topological polar surface area (TPSA) is 35.5 Å². The molecule has 170 valence electrons. The van der Waals surface area contributed by atoms with Crippen molar-refractivity contribution >= 4 is 24.7 Å². The second-order valence-corrected chi connectivity index (χ2v) is 13.2. The van der Waals surface area contributed by atoms with Crippen molar-refractivity contribution in [3.63, 3.8) is 0 Å². The molecule has 0 aliphatic heterocycles. The molecule has 0 saturated heterocycles. The van der Waals surface area contributed by atoms with Gasteiger partial charge in [0.25, 0.3) is 8.32 Å². The molecular formula is C28H36O3Si. The van der Waals surface area contributed by atoms with Gasteiger partial charge in [0.05, 0.1) is 13.2 Å². The van der Waals surface area contributed by atoms with Crippen LogP contribution in [0.4, 0.5) is 0 Å². The monoisotopic (exact) mass is 448 g/mol. The Bertz CT molecular complexity index is 871. The molecule has 0 aromatic heterocycles. The van der Waals surface area contributed by atoms with Crippen LogP contribution in [0.25, 0.3) is 0 Å². The molecule has 1 atom stereocenters. The van der Waals surface area contributed by atoms with Crippen molar-refractivity contribution < 1.29 is 14.0 Å². The normalized spacial score (nSPS) is 13.0. The van der Waals surface area contributed by atoms with E-state index in [9.17, 15) is 4.79 Å². The van der Waals surface area contributed by atoms with Gasteiger partial charge in [-0.25, -0.2) is 4.79 Å². The van der Waals surface area contributed by atoms with E-state index in [2.05, 4.69) is 87.2 Å². The number of hydrogen-bond donors (Lipinski definition) is 0. The maximum Gasteiger partial charge on any atom is 0.330 e. The lowest BCUT2D eigenvalue weighted by molar-refractivity contribution is -0.134. The Balaban J connectivity index is 2.45. The Morgan fingerprint density at radius 2 is 1.56 bits per heavy atom. The van der Waals surface area contributed by atoms with E-state index in [-0.39, 0.29) is 17.1 Å². The molecule has 0 fully saturated rings. The predicted molar refractivity (Wildman–Crippen MR) is 137 cm³/mol. The largest absolute Gasteiger partial charge is 0.466 e. The van der Waals surface area contributed by atoms with Crippen molar-refractivity contribution in [3.8, 4) is 0 Å². The lowest BCUT2D eigenvalue weighted by Gasteiger charge is -2.45. The maximum atomic E-state index is 11.3. The van der Waals surface area contributed by atoms with Gasteiger partial charge < -0.3 is 9.16 Å². The molecule has 2 aromatic rings. The summed E-state index contributed by atoms with van der Waals surface area (Å²) in [4.78, 5) is 11.3. The summed E-state index contributed by atoms with van der Waals surface area (Å²) < 4.78 is 11.9. The van der Waals surface area contributed by atoms with E-state index in [1.165, 1.54) is 23.6 Å². The van der Waals surface area contributed by atoms with Gasteiger partial charge in [0.2, 0.25) is 0 Å². The van der Waals surface area contributed by atoms with Gasteiger partial charge in [-0.15, -0.1) is 0 Å². The molecule has 4 heteroatoms. The maximum absolute atomic E-state index is 11.3. The fraction of sp³-hybridized carbons (Fsp3) is 0.321. The minimum absolute atomic E-state index is 0.111. The van der Waals surface area contributed by atoms with Gasteiger partial charge in [-0.3, -0.25) is 0 Å². The molecule has 3 nitrogen and oxygen atoms in total. The molecule has 0 heterocycles. The zero-order chi connectivity index (χ0) is 23.6. The van der Waals surface area contributed by atoms with Gasteiger partial charge >= 0.3 is 5.97 Å². The number of unbranched alkanes of at least 4 members (excludes halogenated alkanes) is 1. The van der Waals surface area contributed by atoms with Crippen LogP contribution >= 0.6 is 0 Å². The minimum atomic E-state index is -2.68. The molecule has 0 aliphatic carbocycles. The van der Waals surface area contributed by atoms with Crippen LogP contribution in [0.2, 0.25) is 5.04 Å². The average molecular weight is 449 g/mol. The third-order valence-corrected chi connectivity index (χ3v) is 10.7. The highest BCUT2D eigenvalue weighted by molar-refractivity contribution is 6.99. The summed E-state index contributed by atoms with van der Waals surface area (Å²) in [7, 11) is -1.30. The Labute approximate surface area is 194 Å². The average Bonchev–Trinajstić information content (AvgIpc) is 2.80. The first-order valence-corrected chi connectivity index (χ1v) is 13.0. The molecule has 2 rings (SSSR count). The second-order valence-electron chi connectivity index (χ2n) is 8.91. The second kappa shape index (κ2) is 11.8. The number of ether oxygens (including phenoxy) is 1. The molecule has 0 radical (unpaired) electrons. The van der Waals surface area contributed by atoms with Gasteiger partial charge in [-0.1, -0.05) is 107 Å². The number of carbonyl (C=O) groups excluding carboxylic acids is 1.